The lowest BCUT2D eigenvalue weighted by atomic mass is 10.1. The maximum absolute atomic E-state index is 9.03. The van der Waals surface area contributed by atoms with Crippen molar-refractivity contribution < 1.29 is 5.11 Å². The Labute approximate surface area is 94.3 Å². The van der Waals surface area contributed by atoms with Crippen LogP contribution >= 0.6 is 11.6 Å². The number of nitriles is 1. The van der Waals surface area contributed by atoms with Gasteiger partial charge in [0.25, 0.3) is 0 Å². The first-order chi connectivity index (χ1) is 7.21. The second-order valence-corrected chi connectivity index (χ2v) is 3.67. The van der Waals surface area contributed by atoms with E-state index < -0.39 is 0 Å². The average Bonchev–Trinajstić information content (AvgIpc) is 2.27. The molecule has 0 saturated carbocycles. The number of rotatable bonds is 4. The highest BCUT2D eigenvalue weighted by atomic mass is 35.5. The third-order valence-electron chi connectivity index (χ3n) is 2.17. The monoisotopic (exact) mass is 224 g/mol. The van der Waals surface area contributed by atoms with Gasteiger partial charge >= 0.3 is 0 Å². The van der Waals surface area contributed by atoms with Crippen molar-refractivity contribution >= 4 is 17.3 Å². The van der Waals surface area contributed by atoms with Gasteiger partial charge in [-0.2, -0.15) is 5.26 Å². The summed E-state index contributed by atoms with van der Waals surface area (Å²) in [6.07, 6.45) is 0.796. The summed E-state index contributed by atoms with van der Waals surface area (Å²) in [5, 5.41) is 21.6. The first-order valence-electron chi connectivity index (χ1n) is 4.78. The molecule has 1 atom stereocenters. The predicted molar refractivity (Wildman–Crippen MR) is 61.0 cm³/mol. The second-order valence-electron chi connectivity index (χ2n) is 3.23. The fraction of sp³-hybridized carbons (Fsp3) is 0.364. The SMILES string of the molecule is CCC(CO)Nc1ccc(Cl)cc1C#N. The Morgan fingerprint density at radius 3 is 2.87 bits per heavy atom. The van der Waals surface area contributed by atoms with Crippen LogP contribution in [0.4, 0.5) is 5.69 Å². The van der Waals surface area contributed by atoms with Crippen LogP contribution in [0.15, 0.2) is 18.2 Å². The third kappa shape index (κ3) is 3.12. The molecule has 0 aromatic heterocycles. The van der Waals surface area contributed by atoms with Gasteiger partial charge in [-0.1, -0.05) is 18.5 Å². The van der Waals surface area contributed by atoms with Crippen molar-refractivity contribution in [2.24, 2.45) is 0 Å². The molecule has 15 heavy (non-hydrogen) atoms. The minimum Gasteiger partial charge on any atom is -0.394 e. The van der Waals surface area contributed by atoms with Gasteiger partial charge in [0.2, 0.25) is 0 Å². The van der Waals surface area contributed by atoms with E-state index >= 15 is 0 Å². The number of hydrogen-bond acceptors (Lipinski definition) is 3. The van der Waals surface area contributed by atoms with Crippen LogP contribution in [-0.4, -0.2) is 17.8 Å². The minimum atomic E-state index is -0.0294. The fourth-order valence-corrected chi connectivity index (χ4v) is 1.40. The van der Waals surface area contributed by atoms with Crippen molar-refractivity contribution in [2.45, 2.75) is 19.4 Å². The highest BCUT2D eigenvalue weighted by Gasteiger charge is 2.08. The summed E-state index contributed by atoms with van der Waals surface area (Å²) in [6, 6.07) is 7.10. The molecule has 0 aliphatic rings. The molecule has 0 amide bonds. The molecule has 4 heteroatoms. The Bertz CT molecular complexity index is 369. The van der Waals surface area contributed by atoms with Crippen LogP contribution in [0.1, 0.15) is 18.9 Å². The number of nitrogens with zero attached hydrogens (tertiary/aromatic N) is 1. The standard InChI is InChI=1S/C11H13ClN2O/c1-2-10(7-15)14-11-4-3-9(12)5-8(11)6-13/h3-5,10,14-15H,2,7H2,1H3. The van der Waals surface area contributed by atoms with Gasteiger partial charge in [0.05, 0.1) is 17.9 Å². The molecule has 3 nitrogen and oxygen atoms in total. The summed E-state index contributed by atoms with van der Waals surface area (Å²) < 4.78 is 0. The summed E-state index contributed by atoms with van der Waals surface area (Å²) in [7, 11) is 0. The second kappa shape index (κ2) is 5.59. The lowest BCUT2D eigenvalue weighted by molar-refractivity contribution is 0.272. The Morgan fingerprint density at radius 1 is 1.60 bits per heavy atom. The molecule has 0 fully saturated rings. The number of nitrogens with one attached hydrogen (secondary N) is 1. The zero-order valence-corrected chi connectivity index (χ0v) is 9.25. The summed E-state index contributed by atoms with van der Waals surface area (Å²) in [5.74, 6) is 0. The average molecular weight is 225 g/mol. The molecular formula is C11H13ClN2O. The van der Waals surface area contributed by atoms with Crippen molar-refractivity contribution in [1.29, 1.82) is 5.26 Å². The van der Waals surface area contributed by atoms with Crippen LogP contribution in [0.3, 0.4) is 0 Å². The van der Waals surface area contributed by atoms with Crippen molar-refractivity contribution in [3.63, 3.8) is 0 Å². The van der Waals surface area contributed by atoms with E-state index in [1.807, 2.05) is 6.92 Å². The van der Waals surface area contributed by atoms with E-state index in [1.165, 1.54) is 0 Å². The molecule has 1 unspecified atom stereocenters. The molecule has 0 spiro atoms. The summed E-state index contributed by atoms with van der Waals surface area (Å²) >= 11 is 5.77. The van der Waals surface area contributed by atoms with Crippen LogP contribution in [0.25, 0.3) is 0 Å². The molecule has 0 saturated heterocycles. The molecule has 0 aliphatic carbocycles. The lowest BCUT2D eigenvalue weighted by Gasteiger charge is -2.16. The molecule has 1 rings (SSSR count). The molecule has 1 aromatic rings. The Hall–Kier alpha value is -1.24. The van der Waals surface area contributed by atoms with E-state index in [2.05, 4.69) is 11.4 Å². The van der Waals surface area contributed by atoms with Crippen LogP contribution < -0.4 is 5.32 Å². The zero-order valence-electron chi connectivity index (χ0n) is 8.50. The largest absolute Gasteiger partial charge is 0.394 e. The highest BCUT2D eigenvalue weighted by molar-refractivity contribution is 6.30. The Kier molecular flexibility index (Phi) is 4.41. The van der Waals surface area contributed by atoms with Gasteiger partial charge < -0.3 is 10.4 Å². The van der Waals surface area contributed by atoms with E-state index in [1.54, 1.807) is 18.2 Å². The van der Waals surface area contributed by atoms with E-state index in [0.717, 1.165) is 6.42 Å². The fourth-order valence-electron chi connectivity index (χ4n) is 1.23. The molecule has 80 valence electrons. The van der Waals surface area contributed by atoms with Gasteiger partial charge in [-0.3, -0.25) is 0 Å². The van der Waals surface area contributed by atoms with Gasteiger partial charge in [-0.25, -0.2) is 0 Å². The molecule has 0 heterocycles. The van der Waals surface area contributed by atoms with Crippen molar-refractivity contribution in [3.05, 3.63) is 28.8 Å². The number of benzene rings is 1. The Morgan fingerprint density at radius 2 is 2.33 bits per heavy atom. The number of halogens is 1. The number of hydrogen-bond donors (Lipinski definition) is 2. The predicted octanol–water partition coefficient (Wildman–Crippen LogP) is 2.39. The number of aliphatic hydroxyl groups excluding tert-OH is 1. The van der Waals surface area contributed by atoms with E-state index in [-0.39, 0.29) is 12.6 Å². The maximum atomic E-state index is 9.03. The number of aliphatic hydroxyl groups is 1. The van der Waals surface area contributed by atoms with Crippen molar-refractivity contribution in [3.8, 4) is 6.07 Å². The molecule has 1 aromatic carbocycles. The number of anilines is 1. The molecule has 0 radical (unpaired) electrons. The van der Waals surface area contributed by atoms with Gasteiger partial charge in [-0.15, -0.1) is 0 Å². The van der Waals surface area contributed by atoms with Gasteiger partial charge in [0, 0.05) is 11.1 Å². The van der Waals surface area contributed by atoms with Crippen LogP contribution in [0.2, 0.25) is 5.02 Å². The first kappa shape index (κ1) is 11.8. The van der Waals surface area contributed by atoms with Gasteiger partial charge in [0.1, 0.15) is 6.07 Å². The van der Waals surface area contributed by atoms with Gasteiger partial charge in [0.15, 0.2) is 0 Å². The normalized spacial score (nSPS) is 11.9. The zero-order chi connectivity index (χ0) is 11.3. The first-order valence-corrected chi connectivity index (χ1v) is 5.16. The topological polar surface area (TPSA) is 56.0 Å². The van der Waals surface area contributed by atoms with Crippen molar-refractivity contribution in [1.82, 2.24) is 0 Å². The minimum absolute atomic E-state index is 0.0294. The smallest absolute Gasteiger partial charge is 0.101 e. The van der Waals surface area contributed by atoms with E-state index in [4.69, 9.17) is 22.0 Å². The Balaban J connectivity index is 2.90. The lowest BCUT2D eigenvalue weighted by Crippen LogP contribution is -2.23. The van der Waals surface area contributed by atoms with Crippen molar-refractivity contribution in [2.75, 3.05) is 11.9 Å². The third-order valence-corrected chi connectivity index (χ3v) is 2.41. The summed E-state index contributed by atoms with van der Waals surface area (Å²) in [5.41, 5.74) is 1.21. The molecule has 0 bridgehead atoms. The van der Waals surface area contributed by atoms with Gasteiger partial charge in [-0.05, 0) is 24.6 Å². The maximum Gasteiger partial charge on any atom is 0.101 e. The molecule has 0 aliphatic heterocycles. The highest BCUT2D eigenvalue weighted by Crippen LogP contribution is 2.20. The van der Waals surface area contributed by atoms with Crippen LogP contribution in [0, 0.1) is 11.3 Å². The van der Waals surface area contributed by atoms with Crippen LogP contribution in [0.5, 0.6) is 0 Å². The molecular weight excluding hydrogens is 212 g/mol. The quantitative estimate of drug-likeness (QED) is 0.826. The molecule has 2 N–H and O–H groups in total. The van der Waals surface area contributed by atoms with Crippen LogP contribution in [-0.2, 0) is 0 Å². The van der Waals surface area contributed by atoms with E-state index in [0.29, 0.717) is 16.3 Å². The summed E-state index contributed by atoms with van der Waals surface area (Å²) in [6.45, 7) is 2.01. The van der Waals surface area contributed by atoms with E-state index in [9.17, 15) is 0 Å². The summed E-state index contributed by atoms with van der Waals surface area (Å²) in [4.78, 5) is 0.